The molecule has 0 bridgehead atoms. The minimum absolute atomic E-state index is 0.0519. The molecule has 0 aliphatic rings. The Hall–Kier alpha value is -4.46. The third-order valence-electron chi connectivity index (χ3n) is 4.02. The monoisotopic (exact) mass is 402 g/mol. The highest BCUT2D eigenvalue weighted by Gasteiger charge is 2.08. The predicted octanol–water partition coefficient (Wildman–Crippen LogP) is 2.63. The van der Waals surface area contributed by atoms with Crippen molar-refractivity contribution in [3.05, 3.63) is 95.1 Å². The van der Waals surface area contributed by atoms with Gasteiger partial charge in [-0.3, -0.25) is 9.59 Å². The molecule has 0 aliphatic carbocycles. The zero-order valence-electron chi connectivity index (χ0n) is 15.7. The molecule has 3 rings (SSSR count). The summed E-state index contributed by atoms with van der Waals surface area (Å²) in [6.45, 7) is 0. The van der Waals surface area contributed by atoms with Gasteiger partial charge in [0.25, 0.3) is 11.8 Å². The second kappa shape index (κ2) is 9.65. The van der Waals surface area contributed by atoms with Crippen molar-refractivity contribution >= 4 is 24.2 Å². The van der Waals surface area contributed by atoms with Crippen LogP contribution in [-0.4, -0.2) is 34.5 Å². The minimum Gasteiger partial charge on any atom is -0.507 e. The van der Waals surface area contributed by atoms with Crippen LogP contribution in [0, 0.1) is 0 Å². The van der Waals surface area contributed by atoms with Gasteiger partial charge in [-0.25, -0.2) is 10.9 Å². The number of nitrogens with one attached hydrogen (secondary N) is 2. The number of carbonyl (C=O) groups excluding carboxylic acids is 2. The summed E-state index contributed by atoms with van der Waals surface area (Å²) in [7, 11) is 0. The molecule has 0 radical (unpaired) electrons. The Balaban J connectivity index is 1.56. The van der Waals surface area contributed by atoms with Crippen LogP contribution in [0.2, 0.25) is 0 Å². The van der Waals surface area contributed by atoms with Crippen LogP contribution in [-0.2, 0) is 0 Å². The first kappa shape index (κ1) is 20.3. The summed E-state index contributed by atoms with van der Waals surface area (Å²) >= 11 is 0. The molecule has 0 heterocycles. The van der Waals surface area contributed by atoms with Gasteiger partial charge in [0, 0.05) is 22.3 Å². The molecule has 3 aromatic carbocycles. The zero-order valence-corrected chi connectivity index (χ0v) is 15.7. The number of aromatic hydroxyl groups is 2. The average molecular weight is 402 g/mol. The van der Waals surface area contributed by atoms with Crippen LogP contribution in [0.25, 0.3) is 0 Å². The fraction of sp³-hybridized carbons (Fsp3) is 0. The van der Waals surface area contributed by atoms with Crippen molar-refractivity contribution < 1.29 is 19.8 Å². The molecule has 2 amide bonds. The van der Waals surface area contributed by atoms with Crippen LogP contribution < -0.4 is 10.9 Å². The topological polar surface area (TPSA) is 123 Å². The molecule has 0 aromatic heterocycles. The van der Waals surface area contributed by atoms with Gasteiger partial charge in [-0.1, -0.05) is 24.3 Å². The summed E-state index contributed by atoms with van der Waals surface area (Å²) in [6, 6.07) is 19.1. The quantitative estimate of drug-likeness (QED) is 0.374. The Morgan fingerprint density at radius 3 is 1.37 bits per heavy atom. The SMILES string of the molecule is O=C(N/N=C\c1ccccc1O)c1ccc(C(=O)N/N=C\c2ccccc2O)cc1. The summed E-state index contributed by atoms with van der Waals surface area (Å²) in [5.74, 6) is -0.829. The highest BCUT2D eigenvalue weighted by molar-refractivity contribution is 5.98. The van der Waals surface area contributed by atoms with Crippen molar-refractivity contribution in [2.75, 3.05) is 0 Å². The van der Waals surface area contributed by atoms with Crippen LogP contribution in [0.3, 0.4) is 0 Å². The minimum atomic E-state index is -0.466. The Kier molecular flexibility index (Phi) is 6.52. The molecule has 0 atom stereocenters. The van der Waals surface area contributed by atoms with Crippen molar-refractivity contribution in [3.63, 3.8) is 0 Å². The summed E-state index contributed by atoms with van der Waals surface area (Å²) < 4.78 is 0. The van der Waals surface area contributed by atoms with Crippen molar-refractivity contribution in [1.82, 2.24) is 10.9 Å². The lowest BCUT2D eigenvalue weighted by atomic mass is 10.1. The zero-order chi connectivity index (χ0) is 21.3. The number of nitrogens with zero attached hydrogens (tertiary/aromatic N) is 2. The van der Waals surface area contributed by atoms with E-state index in [2.05, 4.69) is 21.1 Å². The van der Waals surface area contributed by atoms with Crippen LogP contribution in [0.1, 0.15) is 31.8 Å². The second-order valence-electron chi connectivity index (χ2n) is 6.09. The molecule has 3 aromatic rings. The van der Waals surface area contributed by atoms with Crippen LogP contribution in [0.5, 0.6) is 11.5 Å². The maximum absolute atomic E-state index is 12.1. The van der Waals surface area contributed by atoms with Crippen LogP contribution >= 0.6 is 0 Å². The maximum Gasteiger partial charge on any atom is 0.271 e. The number of hydrogen-bond acceptors (Lipinski definition) is 6. The third-order valence-corrected chi connectivity index (χ3v) is 4.02. The van der Waals surface area contributed by atoms with E-state index in [0.717, 1.165) is 0 Å². The molecule has 0 saturated heterocycles. The van der Waals surface area contributed by atoms with Crippen LogP contribution in [0.4, 0.5) is 0 Å². The van der Waals surface area contributed by atoms with Gasteiger partial charge in [-0.2, -0.15) is 10.2 Å². The average Bonchev–Trinajstić information content (AvgIpc) is 2.76. The van der Waals surface area contributed by atoms with E-state index in [1.807, 2.05) is 0 Å². The summed E-state index contributed by atoms with van der Waals surface area (Å²) in [5.41, 5.74) is 6.25. The highest BCUT2D eigenvalue weighted by atomic mass is 16.3. The summed E-state index contributed by atoms with van der Waals surface area (Å²) in [5, 5.41) is 26.9. The molecular formula is C22H18N4O4. The van der Waals surface area contributed by atoms with E-state index in [0.29, 0.717) is 22.3 Å². The number of para-hydroxylation sites is 2. The standard InChI is InChI=1S/C22H18N4O4/c27-19-7-3-1-5-17(19)13-23-25-21(29)15-9-11-16(12-10-15)22(30)26-24-14-18-6-2-4-8-20(18)28/h1-14,27-28H,(H,25,29)(H,26,30)/b23-13-,24-14-. The molecule has 0 fully saturated rings. The fourth-order valence-electron chi connectivity index (χ4n) is 2.42. The molecular weight excluding hydrogens is 384 g/mol. The van der Waals surface area contributed by atoms with E-state index < -0.39 is 11.8 Å². The maximum atomic E-state index is 12.1. The van der Waals surface area contributed by atoms with E-state index in [4.69, 9.17) is 0 Å². The first-order chi connectivity index (χ1) is 14.5. The Labute approximate surface area is 172 Å². The molecule has 0 unspecified atom stereocenters. The second-order valence-corrected chi connectivity index (χ2v) is 6.09. The molecule has 150 valence electrons. The highest BCUT2D eigenvalue weighted by Crippen LogP contribution is 2.13. The molecule has 0 aliphatic heterocycles. The Bertz CT molecular complexity index is 1020. The molecule has 8 heteroatoms. The van der Waals surface area contributed by atoms with E-state index in [1.165, 1.54) is 48.8 Å². The van der Waals surface area contributed by atoms with Gasteiger partial charge in [0.1, 0.15) is 11.5 Å². The number of rotatable bonds is 6. The number of phenols is 2. The number of hydrazone groups is 2. The lowest BCUT2D eigenvalue weighted by Gasteiger charge is -2.03. The van der Waals surface area contributed by atoms with E-state index in [1.54, 1.807) is 36.4 Å². The van der Waals surface area contributed by atoms with Crippen molar-refractivity contribution in [1.29, 1.82) is 0 Å². The number of carbonyl (C=O) groups is 2. The normalized spacial score (nSPS) is 10.9. The van der Waals surface area contributed by atoms with Gasteiger partial charge in [0.05, 0.1) is 12.4 Å². The summed E-state index contributed by atoms with van der Waals surface area (Å²) in [6.07, 6.45) is 2.66. The molecule has 30 heavy (non-hydrogen) atoms. The third kappa shape index (κ3) is 5.29. The van der Waals surface area contributed by atoms with Gasteiger partial charge in [-0.05, 0) is 48.5 Å². The predicted molar refractivity (Wildman–Crippen MR) is 113 cm³/mol. The number of benzene rings is 3. The number of amides is 2. The van der Waals surface area contributed by atoms with Crippen molar-refractivity contribution in [3.8, 4) is 11.5 Å². The van der Waals surface area contributed by atoms with Crippen LogP contribution in [0.15, 0.2) is 83.0 Å². The first-order valence-corrected chi connectivity index (χ1v) is 8.87. The van der Waals surface area contributed by atoms with Gasteiger partial charge in [0.15, 0.2) is 0 Å². The number of hydrogen-bond donors (Lipinski definition) is 4. The lowest BCUT2D eigenvalue weighted by molar-refractivity contribution is 0.0943. The fourth-order valence-corrected chi connectivity index (χ4v) is 2.42. The first-order valence-electron chi connectivity index (χ1n) is 8.87. The van der Waals surface area contributed by atoms with Gasteiger partial charge in [-0.15, -0.1) is 0 Å². The smallest absolute Gasteiger partial charge is 0.271 e. The molecule has 0 saturated carbocycles. The Morgan fingerprint density at radius 1 is 0.633 bits per heavy atom. The van der Waals surface area contributed by atoms with Gasteiger partial charge in [0.2, 0.25) is 0 Å². The van der Waals surface area contributed by atoms with Crippen molar-refractivity contribution in [2.24, 2.45) is 10.2 Å². The summed E-state index contributed by atoms with van der Waals surface area (Å²) in [4.78, 5) is 24.3. The van der Waals surface area contributed by atoms with Crippen molar-refractivity contribution in [2.45, 2.75) is 0 Å². The van der Waals surface area contributed by atoms with E-state index in [-0.39, 0.29) is 11.5 Å². The van der Waals surface area contributed by atoms with Gasteiger partial charge < -0.3 is 10.2 Å². The molecule has 4 N–H and O–H groups in total. The Morgan fingerprint density at radius 2 is 1.00 bits per heavy atom. The largest absolute Gasteiger partial charge is 0.507 e. The van der Waals surface area contributed by atoms with Gasteiger partial charge >= 0.3 is 0 Å². The van der Waals surface area contributed by atoms with E-state index in [9.17, 15) is 19.8 Å². The molecule has 8 nitrogen and oxygen atoms in total. The molecule has 0 spiro atoms. The van der Waals surface area contributed by atoms with E-state index >= 15 is 0 Å². The lowest BCUT2D eigenvalue weighted by Crippen LogP contribution is -2.19. The number of phenolic OH excluding ortho intramolecular Hbond substituents is 2.